The Hall–Kier alpha value is -4.18. The maximum Gasteiger partial charge on any atom is 0.295 e. The van der Waals surface area contributed by atoms with Gasteiger partial charge in [-0.15, -0.1) is 5.10 Å². The molecule has 0 fully saturated rings. The van der Waals surface area contributed by atoms with Gasteiger partial charge in [-0.3, -0.25) is 9.52 Å². The lowest BCUT2D eigenvalue weighted by Crippen LogP contribution is -2.18. The van der Waals surface area contributed by atoms with Crippen LogP contribution in [-0.4, -0.2) is 36.2 Å². The molecule has 35 heavy (non-hydrogen) atoms. The van der Waals surface area contributed by atoms with Gasteiger partial charge in [0.2, 0.25) is 5.82 Å². The highest BCUT2D eigenvalue weighted by Gasteiger charge is 2.23. The largest absolute Gasteiger partial charge is 0.495 e. The minimum absolute atomic E-state index is 0.0326. The molecular formula is C25H25N5O4S. The first-order valence-electron chi connectivity index (χ1n) is 10.8. The molecule has 0 bridgehead atoms. The van der Waals surface area contributed by atoms with Gasteiger partial charge in [-0.2, -0.15) is 0 Å². The maximum absolute atomic E-state index is 13.2. The Bertz CT molecular complexity index is 1450. The molecule has 0 radical (unpaired) electrons. The quantitative estimate of drug-likeness (QED) is 0.385. The van der Waals surface area contributed by atoms with Crippen LogP contribution in [0.2, 0.25) is 0 Å². The minimum Gasteiger partial charge on any atom is -0.495 e. The third kappa shape index (κ3) is 5.49. The zero-order valence-corrected chi connectivity index (χ0v) is 20.3. The van der Waals surface area contributed by atoms with E-state index < -0.39 is 15.9 Å². The van der Waals surface area contributed by atoms with Gasteiger partial charge in [-0.1, -0.05) is 48.5 Å². The van der Waals surface area contributed by atoms with Crippen LogP contribution in [0.5, 0.6) is 5.75 Å². The molecule has 0 atom stereocenters. The molecule has 0 aliphatic carbocycles. The molecule has 0 saturated carbocycles. The van der Waals surface area contributed by atoms with Crippen LogP contribution in [-0.2, 0) is 16.6 Å². The van der Waals surface area contributed by atoms with Gasteiger partial charge in [0.1, 0.15) is 17.0 Å². The average molecular weight is 492 g/mol. The van der Waals surface area contributed by atoms with E-state index in [1.54, 1.807) is 10.7 Å². The number of methoxy groups -OCH3 is 1. The normalized spacial score (nSPS) is 11.2. The average Bonchev–Trinajstić information content (AvgIpc) is 3.31. The monoisotopic (exact) mass is 491 g/mol. The van der Waals surface area contributed by atoms with Crippen LogP contribution in [0.1, 0.15) is 27.3 Å². The number of hydrogen-bond donors (Lipinski definition) is 2. The van der Waals surface area contributed by atoms with Crippen LogP contribution in [0.3, 0.4) is 0 Å². The molecule has 0 aliphatic heterocycles. The van der Waals surface area contributed by atoms with Crippen LogP contribution in [0, 0.1) is 13.8 Å². The predicted molar refractivity (Wildman–Crippen MR) is 133 cm³/mol. The SMILES string of the molecule is COc1ccc(NC(=O)c2ncn(Cc3ccccc3)n2)cc1S(=O)(=O)Nc1c(C)cccc1C. The highest BCUT2D eigenvalue weighted by Crippen LogP contribution is 2.30. The fraction of sp³-hybridized carbons (Fsp3) is 0.160. The number of ether oxygens (including phenoxy) is 1. The number of carbonyl (C=O) groups excluding carboxylic acids is 1. The fourth-order valence-electron chi connectivity index (χ4n) is 3.56. The topological polar surface area (TPSA) is 115 Å². The van der Waals surface area contributed by atoms with Crippen LogP contribution < -0.4 is 14.8 Å². The summed E-state index contributed by atoms with van der Waals surface area (Å²) in [7, 11) is -2.63. The van der Waals surface area contributed by atoms with Crippen molar-refractivity contribution in [3.8, 4) is 5.75 Å². The summed E-state index contributed by atoms with van der Waals surface area (Å²) in [5.74, 6) is -0.449. The molecule has 0 aliphatic rings. The van der Waals surface area contributed by atoms with Crippen molar-refractivity contribution in [1.82, 2.24) is 14.8 Å². The molecule has 3 aromatic carbocycles. The summed E-state index contributed by atoms with van der Waals surface area (Å²) < 4.78 is 35.9. The van der Waals surface area contributed by atoms with E-state index in [9.17, 15) is 13.2 Å². The Labute approximate surface area is 203 Å². The summed E-state index contributed by atoms with van der Waals surface area (Å²) in [4.78, 5) is 16.7. The van der Waals surface area contributed by atoms with Gasteiger partial charge >= 0.3 is 0 Å². The number of nitrogens with zero attached hydrogens (tertiary/aromatic N) is 3. The van der Waals surface area contributed by atoms with E-state index in [1.165, 1.54) is 25.6 Å². The van der Waals surface area contributed by atoms with Crippen LogP contribution in [0.4, 0.5) is 11.4 Å². The number of amides is 1. The van der Waals surface area contributed by atoms with Crippen molar-refractivity contribution in [2.45, 2.75) is 25.3 Å². The molecular weight excluding hydrogens is 466 g/mol. The number of para-hydroxylation sites is 1. The zero-order valence-electron chi connectivity index (χ0n) is 19.5. The van der Waals surface area contributed by atoms with Gasteiger partial charge in [0.15, 0.2) is 0 Å². The standard InChI is InChI=1S/C25H25N5O4S/c1-17-8-7-9-18(2)23(17)29-35(32,33)22-14-20(12-13-21(22)34-3)27-25(31)24-26-16-30(28-24)15-19-10-5-4-6-11-19/h4-14,16,29H,15H2,1-3H3,(H,27,31). The highest BCUT2D eigenvalue weighted by molar-refractivity contribution is 7.92. The lowest BCUT2D eigenvalue weighted by Gasteiger charge is -2.16. The van der Waals surface area contributed by atoms with Crippen LogP contribution in [0.15, 0.2) is 78.0 Å². The molecule has 9 nitrogen and oxygen atoms in total. The molecule has 4 rings (SSSR count). The van der Waals surface area contributed by atoms with Crippen molar-refractivity contribution in [3.63, 3.8) is 0 Å². The number of hydrogen-bond acceptors (Lipinski definition) is 6. The van der Waals surface area contributed by atoms with E-state index in [1.807, 2.05) is 62.4 Å². The lowest BCUT2D eigenvalue weighted by molar-refractivity contribution is 0.101. The lowest BCUT2D eigenvalue weighted by atomic mass is 10.1. The Morgan fingerprint density at radius 2 is 1.71 bits per heavy atom. The van der Waals surface area contributed by atoms with Gasteiger partial charge in [-0.05, 0) is 48.7 Å². The third-order valence-electron chi connectivity index (χ3n) is 5.36. The number of carbonyl (C=O) groups is 1. The molecule has 1 aromatic heterocycles. The Morgan fingerprint density at radius 3 is 2.40 bits per heavy atom. The molecule has 0 unspecified atom stereocenters. The van der Waals surface area contributed by atoms with Gasteiger partial charge in [-0.25, -0.2) is 18.1 Å². The molecule has 1 heterocycles. The number of anilines is 2. The molecule has 1 amide bonds. The van der Waals surface area contributed by atoms with Gasteiger partial charge in [0.05, 0.1) is 19.3 Å². The summed E-state index contributed by atoms with van der Waals surface area (Å²) in [5.41, 5.74) is 3.35. The molecule has 0 saturated heterocycles. The first-order chi connectivity index (χ1) is 16.8. The van der Waals surface area contributed by atoms with Crippen molar-refractivity contribution < 1.29 is 17.9 Å². The van der Waals surface area contributed by atoms with E-state index in [0.29, 0.717) is 12.2 Å². The van der Waals surface area contributed by atoms with Gasteiger partial charge in [0, 0.05) is 5.69 Å². The second-order valence-electron chi connectivity index (χ2n) is 7.94. The number of benzene rings is 3. The van der Waals surface area contributed by atoms with E-state index >= 15 is 0 Å². The van der Waals surface area contributed by atoms with E-state index in [0.717, 1.165) is 16.7 Å². The summed E-state index contributed by atoms with van der Waals surface area (Å²) in [5, 5.41) is 6.88. The van der Waals surface area contributed by atoms with Crippen molar-refractivity contribution in [3.05, 3.63) is 95.6 Å². The Morgan fingerprint density at radius 1 is 1.00 bits per heavy atom. The summed E-state index contributed by atoms with van der Waals surface area (Å²) in [6, 6.07) is 19.5. The first kappa shape index (κ1) is 24.0. The Kier molecular flexibility index (Phi) is 6.83. The number of aryl methyl sites for hydroxylation is 2. The van der Waals surface area contributed by atoms with Crippen molar-refractivity contribution >= 4 is 27.3 Å². The van der Waals surface area contributed by atoms with Crippen LogP contribution in [0.25, 0.3) is 0 Å². The first-order valence-corrected chi connectivity index (χ1v) is 12.3. The fourth-order valence-corrected chi connectivity index (χ4v) is 4.96. The number of sulfonamides is 1. The third-order valence-corrected chi connectivity index (χ3v) is 6.73. The van der Waals surface area contributed by atoms with Crippen LogP contribution >= 0.6 is 0 Å². The Balaban J connectivity index is 1.55. The number of aromatic nitrogens is 3. The van der Waals surface area contributed by atoms with Crippen molar-refractivity contribution in [2.75, 3.05) is 17.1 Å². The highest BCUT2D eigenvalue weighted by atomic mass is 32.2. The maximum atomic E-state index is 13.2. The summed E-state index contributed by atoms with van der Waals surface area (Å²) in [6.07, 6.45) is 1.47. The predicted octanol–water partition coefficient (Wildman–Crippen LogP) is 4.00. The van der Waals surface area contributed by atoms with Gasteiger partial charge < -0.3 is 10.1 Å². The second-order valence-corrected chi connectivity index (χ2v) is 9.59. The molecule has 10 heteroatoms. The van der Waals surface area contributed by atoms with E-state index in [4.69, 9.17) is 4.74 Å². The van der Waals surface area contributed by atoms with Gasteiger partial charge in [0.25, 0.3) is 15.9 Å². The molecule has 2 N–H and O–H groups in total. The summed E-state index contributed by atoms with van der Waals surface area (Å²) >= 11 is 0. The second kappa shape index (κ2) is 9.98. The summed E-state index contributed by atoms with van der Waals surface area (Å²) in [6.45, 7) is 4.11. The van der Waals surface area contributed by atoms with Crippen molar-refractivity contribution in [1.29, 1.82) is 0 Å². The van der Waals surface area contributed by atoms with Crippen molar-refractivity contribution in [2.24, 2.45) is 0 Å². The number of nitrogens with one attached hydrogen (secondary N) is 2. The molecule has 4 aromatic rings. The smallest absolute Gasteiger partial charge is 0.295 e. The van der Waals surface area contributed by atoms with E-state index in [2.05, 4.69) is 20.1 Å². The molecule has 0 spiro atoms. The molecule has 180 valence electrons. The number of rotatable bonds is 8. The van der Waals surface area contributed by atoms with E-state index in [-0.39, 0.29) is 22.2 Å². The zero-order chi connectivity index (χ0) is 25.0. The minimum atomic E-state index is -4.02.